The largest absolute Gasteiger partial charge is 0.352 e. The number of alkyl halides is 2. The summed E-state index contributed by atoms with van der Waals surface area (Å²) in [6.45, 7) is 1.99. The molecule has 2 aromatic heterocycles. The summed E-state index contributed by atoms with van der Waals surface area (Å²) in [5.74, 6) is 0.126. The van der Waals surface area contributed by atoms with E-state index in [2.05, 4.69) is 26.5 Å². The summed E-state index contributed by atoms with van der Waals surface area (Å²) >= 11 is 0. The van der Waals surface area contributed by atoms with Gasteiger partial charge in [-0.05, 0) is 42.5 Å². The standard InChI is InChI=1S/C21H19F2N5O/c1-13(7-14-5-3-2-4-6-14)8-16(15-9-17(15)25-12-29)19-10-18(20(22)23)27-21-24-11-26-28(19)21/h2-7,10-12,17,20H,8-9H2,1H3,(H,25,29)/b13-7+,16-15-/t17-/m1/s1. The van der Waals surface area contributed by atoms with Crippen molar-refractivity contribution in [3.05, 3.63) is 70.8 Å². The van der Waals surface area contributed by atoms with Crippen LogP contribution < -0.4 is 5.32 Å². The first-order valence-electron chi connectivity index (χ1n) is 9.20. The van der Waals surface area contributed by atoms with E-state index in [9.17, 15) is 13.6 Å². The van der Waals surface area contributed by atoms with Crippen molar-refractivity contribution in [1.82, 2.24) is 24.9 Å². The van der Waals surface area contributed by atoms with Gasteiger partial charge in [-0.3, -0.25) is 4.79 Å². The molecule has 0 saturated heterocycles. The fourth-order valence-electron chi connectivity index (χ4n) is 3.43. The zero-order chi connectivity index (χ0) is 20.4. The van der Waals surface area contributed by atoms with E-state index >= 15 is 0 Å². The maximum Gasteiger partial charge on any atom is 0.280 e. The average Bonchev–Trinajstić information content (AvgIpc) is 3.29. The van der Waals surface area contributed by atoms with E-state index in [-0.39, 0.29) is 17.5 Å². The number of fused-ring (bicyclic) bond motifs is 1. The predicted molar refractivity (Wildman–Crippen MR) is 105 cm³/mol. The van der Waals surface area contributed by atoms with Crippen LogP contribution in [0.5, 0.6) is 0 Å². The number of carbonyl (C=O) groups is 1. The molecule has 1 amide bonds. The first kappa shape index (κ1) is 18.9. The number of aromatic nitrogens is 4. The summed E-state index contributed by atoms with van der Waals surface area (Å²) in [6.07, 6.45) is 2.50. The average molecular weight is 395 g/mol. The lowest BCUT2D eigenvalue weighted by molar-refractivity contribution is -0.109. The first-order valence-corrected chi connectivity index (χ1v) is 9.20. The number of allylic oxidation sites excluding steroid dienone is 2. The van der Waals surface area contributed by atoms with E-state index in [1.807, 2.05) is 37.3 Å². The molecule has 1 fully saturated rings. The summed E-state index contributed by atoms with van der Waals surface area (Å²) in [7, 11) is 0. The molecule has 2 heterocycles. The Morgan fingerprint density at radius 1 is 1.34 bits per heavy atom. The van der Waals surface area contributed by atoms with E-state index in [1.165, 1.54) is 16.9 Å². The number of halogens is 2. The quantitative estimate of drug-likeness (QED) is 0.617. The van der Waals surface area contributed by atoms with Crippen LogP contribution in [0.15, 0.2) is 53.9 Å². The van der Waals surface area contributed by atoms with Crippen LogP contribution in [-0.4, -0.2) is 32.0 Å². The minimum Gasteiger partial charge on any atom is -0.352 e. The minimum absolute atomic E-state index is 0.0891. The normalized spacial score (nSPS) is 18.2. The number of hydrogen-bond acceptors (Lipinski definition) is 4. The number of carbonyl (C=O) groups excluding carboxylic acids is 1. The first-order chi connectivity index (χ1) is 14.1. The second kappa shape index (κ2) is 7.90. The third kappa shape index (κ3) is 4.06. The zero-order valence-corrected chi connectivity index (χ0v) is 15.7. The van der Waals surface area contributed by atoms with Gasteiger partial charge in [-0.2, -0.15) is 14.6 Å². The van der Waals surface area contributed by atoms with E-state index in [0.29, 0.717) is 24.9 Å². The van der Waals surface area contributed by atoms with Crippen LogP contribution in [0.1, 0.15) is 43.1 Å². The molecule has 1 saturated carbocycles. The van der Waals surface area contributed by atoms with Gasteiger partial charge in [-0.25, -0.2) is 13.8 Å². The summed E-state index contributed by atoms with van der Waals surface area (Å²) in [5, 5.41) is 6.92. The van der Waals surface area contributed by atoms with E-state index in [4.69, 9.17) is 0 Å². The lowest BCUT2D eigenvalue weighted by Crippen LogP contribution is -2.13. The minimum atomic E-state index is -2.72. The molecule has 8 heteroatoms. The van der Waals surface area contributed by atoms with Crippen LogP contribution in [0.3, 0.4) is 0 Å². The topological polar surface area (TPSA) is 72.2 Å². The van der Waals surface area contributed by atoms with Crippen molar-refractivity contribution in [2.75, 3.05) is 0 Å². The van der Waals surface area contributed by atoms with Crippen molar-refractivity contribution in [3.8, 4) is 0 Å². The van der Waals surface area contributed by atoms with E-state index in [1.54, 1.807) is 0 Å². The molecule has 0 radical (unpaired) electrons. The SMILES string of the molecule is C/C(=C\c1ccccc1)C/C(=C1\C[C@H]1NC=O)c1cc(C(F)F)nc2ncnn12. The Kier molecular flexibility index (Phi) is 5.16. The van der Waals surface area contributed by atoms with Crippen LogP contribution in [0.25, 0.3) is 17.4 Å². The number of hydrogen-bond donors (Lipinski definition) is 1. The van der Waals surface area contributed by atoms with Gasteiger partial charge < -0.3 is 5.32 Å². The van der Waals surface area contributed by atoms with Crippen molar-refractivity contribution in [1.29, 1.82) is 0 Å². The highest BCUT2D eigenvalue weighted by atomic mass is 19.3. The van der Waals surface area contributed by atoms with Crippen molar-refractivity contribution in [2.24, 2.45) is 0 Å². The van der Waals surface area contributed by atoms with Gasteiger partial charge in [0, 0.05) is 0 Å². The Morgan fingerprint density at radius 3 is 2.86 bits per heavy atom. The van der Waals surface area contributed by atoms with Crippen molar-refractivity contribution in [2.45, 2.75) is 32.2 Å². The summed E-state index contributed by atoms with van der Waals surface area (Å²) in [6, 6.07) is 11.1. The lowest BCUT2D eigenvalue weighted by Gasteiger charge is -2.12. The second-order valence-electron chi connectivity index (χ2n) is 6.96. The van der Waals surface area contributed by atoms with Gasteiger partial charge in [0.1, 0.15) is 12.0 Å². The molecule has 4 rings (SSSR count). The fraction of sp³-hybridized carbons (Fsp3) is 0.238. The van der Waals surface area contributed by atoms with Crippen molar-refractivity contribution in [3.63, 3.8) is 0 Å². The Morgan fingerprint density at radius 2 is 2.14 bits per heavy atom. The number of nitrogens with one attached hydrogen (secondary N) is 1. The smallest absolute Gasteiger partial charge is 0.280 e. The number of nitrogens with zero attached hydrogens (tertiary/aromatic N) is 4. The van der Waals surface area contributed by atoms with Gasteiger partial charge in [0.25, 0.3) is 12.2 Å². The van der Waals surface area contributed by atoms with E-state index in [0.717, 1.165) is 22.3 Å². The molecule has 0 unspecified atom stereocenters. The summed E-state index contributed by atoms with van der Waals surface area (Å²) in [4.78, 5) is 18.7. The molecule has 1 aliphatic rings. The van der Waals surface area contributed by atoms with Gasteiger partial charge in [-0.1, -0.05) is 42.0 Å². The molecule has 29 heavy (non-hydrogen) atoms. The van der Waals surface area contributed by atoms with Crippen LogP contribution in [0.4, 0.5) is 8.78 Å². The summed E-state index contributed by atoms with van der Waals surface area (Å²) < 4.78 is 28.3. The van der Waals surface area contributed by atoms with Gasteiger partial charge in [0.05, 0.1) is 11.7 Å². The Bertz CT molecular complexity index is 1100. The highest BCUT2D eigenvalue weighted by Crippen LogP contribution is 2.40. The van der Waals surface area contributed by atoms with Gasteiger partial charge in [-0.15, -0.1) is 0 Å². The maximum atomic E-state index is 13.4. The van der Waals surface area contributed by atoms with Crippen LogP contribution in [-0.2, 0) is 4.79 Å². The Labute approximate surface area is 166 Å². The molecule has 3 aromatic rings. The molecular formula is C21H19F2N5O. The highest BCUT2D eigenvalue weighted by molar-refractivity contribution is 5.76. The molecule has 1 aromatic carbocycles. The van der Waals surface area contributed by atoms with Crippen LogP contribution in [0, 0.1) is 0 Å². The maximum absolute atomic E-state index is 13.4. The third-order valence-electron chi connectivity index (χ3n) is 4.81. The molecule has 0 spiro atoms. The van der Waals surface area contributed by atoms with Crippen LogP contribution >= 0.6 is 0 Å². The second-order valence-corrected chi connectivity index (χ2v) is 6.96. The van der Waals surface area contributed by atoms with Gasteiger partial charge in [0.15, 0.2) is 0 Å². The highest BCUT2D eigenvalue weighted by Gasteiger charge is 2.34. The van der Waals surface area contributed by atoms with Crippen molar-refractivity contribution >= 4 is 23.8 Å². The zero-order valence-electron chi connectivity index (χ0n) is 15.7. The monoisotopic (exact) mass is 395 g/mol. The predicted octanol–water partition coefficient (Wildman–Crippen LogP) is 3.83. The number of amides is 1. The molecule has 0 aliphatic heterocycles. The molecule has 0 bridgehead atoms. The fourth-order valence-corrected chi connectivity index (χ4v) is 3.43. The summed E-state index contributed by atoms with van der Waals surface area (Å²) in [5.41, 5.74) is 4.15. The lowest BCUT2D eigenvalue weighted by atomic mass is 9.99. The molecule has 6 nitrogen and oxygen atoms in total. The molecule has 1 aliphatic carbocycles. The Balaban J connectivity index is 1.79. The van der Waals surface area contributed by atoms with Gasteiger partial charge >= 0.3 is 0 Å². The van der Waals surface area contributed by atoms with E-state index < -0.39 is 6.43 Å². The third-order valence-corrected chi connectivity index (χ3v) is 4.81. The number of benzene rings is 1. The molecule has 1 N–H and O–H groups in total. The van der Waals surface area contributed by atoms with Crippen molar-refractivity contribution < 1.29 is 13.6 Å². The Hall–Kier alpha value is -3.42. The number of rotatable bonds is 7. The van der Waals surface area contributed by atoms with Gasteiger partial charge in [0.2, 0.25) is 6.41 Å². The molecule has 1 atom stereocenters. The van der Waals surface area contributed by atoms with Crippen LogP contribution in [0.2, 0.25) is 0 Å². The molecular weight excluding hydrogens is 376 g/mol. The molecule has 148 valence electrons.